The normalized spacial score (nSPS) is 12.5. The van der Waals surface area contributed by atoms with E-state index in [4.69, 9.17) is 9.47 Å². The second-order valence-electron chi connectivity index (χ2n) is 6.96. The topological polar surface area (TPSA) is 73.1 Å². The fourth-order valence-electron chi connectivity index (χ4n) is 3.29. The second kappa shape index (κ2) is 8.19. The summed E-state index contributed by atoms with van der Waals surface area (Å²) in [5.74, 6) is 0.253. The number of phenolic OH excluding ortho intramolecular Hbond substituents is 1. The molecule has 4 rings (SSSR count). The number of fused-ring (bicyclic) bond motifs is 1. The number of halogens is 3. The average molecular weight is 462 g/mol. The van der Waals surface area contributed by atoms with Crippen LogP contribution in [0.4, 0.5) is 13.2 Å². The third-order valence-corrected chi connectivity index (χ3v) is 5.71. The molecule has 0 fully saturated rings. The summed E-state index contributed by atoms with van der Waals surface area (Å²) in [4.78, 5) is 17.7. The molecule has 0 unspecified atom stereocenters. The third-order valence-electron chi connectivity index (χ3n) is 4.73. The van der Waals surface area contributed by atoms with E-state index in [2.05, 4.69) is 4.98 Å². The number of rotatable bonds is 5. The van der Waals surface area contributed by atoms with Gasteiger partial charge in [0.25, 0.3) is 5.56 Å². The van der Waals surface area contributed by atoms with Gasteiger partial charge in [0, 0.05) is 11.8 Å². The number of methoxy groups -OCH3 is 2. The number of phenols is 1. The molecular formula is C22H17F3N2O4S. The molecule has 0 spiro atoms. The monoisotopic (exact) mass is 462 g/mol. The van der Waals surface area contributed by atoms with Crippen molar-refractivity contribution in [3.8, 4) is 28.5 Å². The van der Waals surface area contributed by atoms with Gasteiger partial charge < -0.3 is 14.6 Å². The highest BCUT2D eigenvalue weighted by molar-refractivity contribution is 7.15. The van der Waals surface area contributed by atoms with Gasteiger partial charge in [0.15, 0.2) is 16.5 Å². The Morgan fingerprint density at radius 1 is 1.16 bits per heavy atom. The fraction of sp³-hybridized carbons (Fsp3) is 0.182. The van der Waals surface area contributed by atoms with Crippen molar-refractivity contribution in [1.29, 1.82) is 0 Å². The number of benzene rings is 2. The van der Waals surface area contributed by atoms with Gasteiger partial charge in [-0.2, -0.15) is 13.2 Å². The van der Waals surface area contributed by atoms with E-state index in [1.165, 1.54) is 43.0 Å². The quantitative estimate of drug-likeness (QED) is 0.489. The summed E-state index contributed by atoms with van der Waals surface area (Å²) in [6, 6.07) is 9.15. The average Bonchev–Trinajstić information content (AvgIpc) is 3.27. The summed E-state index contributed by atoms with van der Waals surface area (Å²) in [5, 5.41) is 10.0. The molecule has 0 aliphatic heterocycles. The van der Waals surface area contributed by atoms with Gasteiger partial charge in [-0.1, -0.05) is 29.5 Å². The Labute approximate surface area is 183 Å². The molecule has 2 aromatic carbocycles. The van der Waals surface area contributed by atoms with E-state index in [1.54, 1.807) is 24.3 Å². The van der Waals surface area contributed by atoms with E-state index in [0.717, 1.165) is 11.3 Å². The molecule has 0 radical (unpaired) electrons. The minimum absolute atomic E-state index is 0.123. The summed E-state index contributed by atoms with van der Waals surface area (Å²) < 4.78 is 50.1. The predicted molar refractivity (Wildman–Crippen MR) is 115 cm³/mol. The minimum Gasteiger partial charge on any atom is -0.502 e. The lowest BCUT2D eigenvalue weighted by atomic mass is 10.1. The van der Waals surface area contributed by atoms with E-state index in [0.29, 0.717) is 26.3 Å². The van der Waals surface area contributed by atoms with Gasteiger partial charge in [-0.15, -0.1) is 0 Å². The molecule has 1 N–H and O–H groups in total. The molecule has 2 heterocycles. The Kier molecular flexibility index (Phi) is 5.55. The van der Waals surface area contributed by atoms with Gasteiger partial charge in [-0.25, -0.2) is 4.98 Å². The lowest BCUT2D eigenvalue weighted by Crippen LogP contribution is -2.22. The highest BCUT2D eigenvalue weighted by atomic mass is 32.1. The molecular weight excluding hydrogens is 445 g/mol. The molecule has 4 aromatic rings. The van der Waals surface area contributed by atoms with Gasteiger partial charge in [0.05, 0.1) is 30.9 Å². The molecule has 32 heavy (non-hydrogen) atoms. The van der Waals surface area contributed by atoms with Gasteiger partial charge in [0.1, 0.15) is 0 Å². The minimum atomic E-state index is -4.31. The number of imidazole rings is 1. The first-order valence-electron chi connectivity index (χ1n) is 9.33. The molecule has 0 saturated heterocycles. The number of hydrogen-bond donors (Lipinski definition) is 1. The smallest absolute Gasteiger partial charge is 0.393 e. The van der Waals surface area contributed by atoms with E-state index < -0.39 is 12.6 Å². The molecule has 2 aromatic heterocycles. The standard InChI is InChI=1S/C22H17F3N2O4S/c1-30-16-7-13(8-17(31-2)19(16)28)9-18-20(29)27-11-15(26-21(27)32-18)14-5-3-4-12(6-14)10-22(23,24)25/h3-9,11,28H,10H2,1-2H3. The van der Waals surface area contributed by atoms with Crippen molar-refractivity contribution in [2.45, 2.75) is 12.6 Å². The molecule has 0 saturated carbocycles. The second-order valence-corrected chi connectivity index (χ2v) is 7.97. The van der Waals surface area contributed by atoms with Crippen LogP contribution in [-0.4, -0.2) is 34.9 Å². The van der Waals surface area contributed by atoms with Crippen LogP contribution < -0.4 is 19.6 Å². The first-order chi connectivity index (χ1) is 15.2. The summed E-state index contributed by atoms with van der Waals surface area (Å²) in [6.45, 7) is 0. The van der Waals surface area contributed by atoms with E-state index in [1.807, 2.05) is 0 Å². The fourth-order valence-corrected chi connectivity index (χ4v) is 4.25. The molecule has 0 atom stereocenters. The summed E-state index contributed by atoms with van der Waals surface area (Å²) >= 11 is 1.14. The Morgan fingerprint density at radius 2 is 1.84 bits per heavy atom. The maximum absolute atomic E-state index is 12.8. The van der Waals surface area contributed by atoms with Crippen molar-refractivity contribution >= 4 is 22.4 Å². The Morgan fingerprint density at radius 3 is 2.44 bits per heavy atom. The lowest BCUT2D eigenvalue weighted by molar-refractivity contribution is -0.127. The van der Waals surface area contributed by atoms with Crippen LogP contribution in [0.2, 0.25) is 0 Å². The van der Waals surface area contributed by atoms with Crippen LogP contribution in [0.25, 0.3) is 22.3 Å². The summed E-state index contributed by atoms with van der Waals surface area (Å²) in [7, 11) is 2.81. The van der Waals surface area contributed by atoms with Gasteiger partial charge in [-0.3, -0.25) is 9.20 Å². The Hall–Kier alpha value is -3.53. The SMILES string of the molecule is COc1cc(C=c2sc3nc(-c4cccc(CC(F)(F)F)c4)cn3c2=O)cc(OC)c1O. The molecule has 10 heteroatoms. The molecule has 0 aliphatic carbocycles. The number of aromatic hydroxyl groups is 1. The summed E-state index contributed by atoms with van der Waals surface area (Å²) in [6.07, 6.45) is -2.21. The van der Waals surface area contributed by atoms with Crippen LogP contribution in [0, 0.1) is 0 Å². The van der Waals surface area contributed by atoms with E-state index in [9.17, 15) is 23.1 Å². The van der Waals surface area contributed by atoms with Crippen molar-refractivity contribution < 1.29 is 27.8 Å². The van der Waals surface area contributed by atoms with E-state index >= 15 is 0 Å². The first kappa shape index (κ1) is 21.7. The van der Waals surface area contributed by atoms with Crippen molar-refractivity contribution in [1.82, 2.24) is 9.38 Å². The summed E-state index contributed by atoms with van der Waals surface area (Å²) in [5.41, 5.74) is 1.30. The Balaban J connectivity index is 1.74. The van der Waals surface area contributed by atoms with Gasteiger partial charge in [-0.05, 0) is 35.4 Å². The number of nitrogens with zero attached hydrogens (tertiary/aromatic N) is 2. The number of thiazole rings is 1. The van der Waals surface area contributed by atoms with Crippen molar-refractivity contribution in [2.24, 2.45) is 0 Å². The maximum atomic E-state index is 12.8. The van der Waals surface area contributed by atoms with E-state index in [-0.39, 0.29) is 28.4 Å². The van der Waals surface area contributed by atoms with Crippen LogP contribution >= 0.6 is 11.3 Å². The van der Waals surface area contributed by atoms with Crippen molar-refractivity contribution in [3.63, 3.8) is 0 Å². The number of hydrogen-bond acceptors (Lipinski definition) is 6. The zero-order valence-electron chi connectivity index (χ0n) is 16.9. The van der Waals surface area contributed by atoms with Crippen LogP contribution in [0.1, 0.15) is 11.1 Å². The molecule has 166 valence electrons. The number of aromatic nitrogens is 2. The van der Waals surface area contributed by atoms with Crippen LogP contribution in [0.5, 0.6) is 17.2 Å². The highest BCUT2D eigenvalue weighted by Crippen LogP contribution is 2.37. The molecule has 6 nitrogen and oxygen atoms in total. The largest absolute Gasteiger partial charge is 0.502 e. The van der Waals surface area contributed by atoms with Crippen molar-refractivity contribution in [3.05, 3.63) is 68.6 Å². The molecule has 0 aliphatic rings. The zero-order chi connectivity index (χ0) is 23.0. The van der Waals surface area contributed by atoms with Crippen LogP contribution in [0.3, 0.4) is 0 Å². The Bertz CT molecular complexity index is 1380. The van der Waals surface area contributed by atoms with Crippen LogP contribution in [0.15, 0.2) is 47.4 Å². The maximum Gasteiger partial charge on any atom is 0.393 e. The predicted octanol–water partition coefficient (Wildman–Crippen LogP) is 3.80. The highest BCUT2D eigenvalue weighted by Gasteiger charge is 2.27. The van der Waals surface area contributed by atoms with Gasteiger partial charge in [0.2, 0.25) is 5.75 Å². The molecule has 0 bridgehead atoms. The molecule has 0 amide bonds. The number of alkyl halides is 3. The van der Waals surface area contributed by atoms with Crippen molar-refractivity contribution in [2.75, 3.05) is 14.2 Å². The zero-order valence-corrected chi connectivity index (χ0v) is 17.8. The lowest BCUT2D eigenvalue weighted by Gasteiger charge is -2.09. The van der Waals surface area contributed by atoms with Gasteiger partial charge >= 0.3 is 6.18 Å². The van der Waals surface area contributed by atoms with Crippen LogP contribution in [-0.2, 0) is 6.42 Å². The first-order valence-corrected chi connectivity index (χ1v) is 10.1. The third kappa shape index (κ3) is 4.26. The number of ether oxygens (including phenoxy) is 2.